The van der Waals surface area contributed by atoms with E-state index in [-0.39, 0.29) is 6.10 Å². The van der Waals surface area contributed by atoms with Crippen molar-refractivity contribution in [3.05, 3.63) is 23.7 Å². The molecule has 0 aliphatic carbocycles. The van der Waals surface area contributed by atoms with E-state index in [0.717, 1.165) is 13.1 Å². The Bertz CT molecular complexity index is 654. The van der Waals surface area contributed by atoms with Gasteiger partial charge in [0.1, 0.15) is 17.9 Å². The van der Waals surface area contributed by atoms with E-state index in [0.29, 0.717) is 35.6 Å². The fourth-order valence-corrected chi connectivity index (χ4v) is 2.35. The average Bonchev–Trinajstić information content (AvgIpc) is 3.16. The second kappa shape index (κ2) is 5.68. The van der Waals surface area contributed by atoms with E-state index in [1.165, 1.54) is 0 Å². The zero-order chi connectivity index (χ0) is 14.8. The SMILES string of the molecule is CC(C)N1CCOC(c2noc(-c3cc(C#N)c[nH]3)n2)C1. The summed E-state index contributed by atoms with van der Waals surface area (Å²) in [7, 11) is 0. The third-order valence-electron chi connectivity index (χ3n) is 3.60. The van der Waals surface area contributed by atoms with Gasteiger partial charge in [-0.1, -0.05) is 5.16 Å². The number of nitriles is 1. The number of nitrogens with zero attached hydrogens (tertiary/aromatic N) is 4. The first-order valence-corrected chi connectivity index (χ1v) is 6.95. The molecule has 1 aliphatic heterocycles. The number of H-pyrrole nitrogens is 1. The highest BCUT2D eigenvalue weighted by molar-refractivity contribution is 5.51. The average molecular weight is 287 g/mol. The molecule has 0 aromatic carbocycles. The molecular weight excluding hydrogens is 270 g/mol. The second-order valence-corrected chi connectivity index (χ2v) is 5.32. The van der Waals surface area contributed by atoms with Crippen molar-refractivity contribution in [3.8, 4) is 17.7 Å². The predicted molar refractivity (Wildman–Crippen MR) is 74.2 cm³/mol. The Morgan fingerprint density at radius 1 is 1.52 bits per heavy atom. The summed E-state index contributed by atoms with van der Waals surface area (Å²) in [6.45, 7) is 6.65. The van der Waals surface area contributed by atoms with Gasteiger partial charge in [0.05, 0.1) is 12.2 Å². The summed E-state index contributed by atoms with van der Waals surface area (Å²) in [6, 6.07) is 4.20. The minimum absolute atomic E-state index is 0.177. The van der Waals surface area contributed by atoms with Crippen molar-refractivity contribution in [1.82, 2.24) is 20.0 Å². The molecule has 1 unspecified atom stereocenters. The lowest BCUT2D eigenvalue weighted by Crippen LogP contribution is -2.42. The first-order valence-electron chi connectivity index (χ1n) is 6.95. The second-order valence-electron chi connectivity index (χ2n) is 5.32. The van der Waals surface area contributed by atoms with Crippen LogP contribution in [0, 0.1) is 11.3 Å². The molecule has 7 nitrogen and oxygen atoms in total. The van der Waals surface area contributed by atoms with Gasteiger partial charge in [-0.05, 0) is 19.9 Å². The molecule has 1 saturated heterocycles. The molecule has 2 aromatic heterocycles. The molecule has 0 saturated carbocycles. The van der Waals surface area contributed by atoms with Gasteiger partial charge < -0.3 is 14.2 Å². The summed E-state index contributed by atoms with van der Waals surface area (Å²) in [5, 5.41) is 12.8. The predicted octanol–water partition coefficient (Wildman–Crippen LogP) is 1.72. The van der Waals surface area contributed by atoms with Crippen molar-refractivity contribution in [2.75, 3.05) is 19.7 Å². The van der Waals surface area contributed by atoms with E-state index in [4.69, 9.17) is 14.5 Å². The number of ether oxygens (including phenoxy) is 1. The van der Waals surface area contributed by atoms with Gasteiger partial charge in [-0.3, -0.25) is 4.90 Å². The number of aromatic nitrogens is 3. The van der Waals surface area contributed by atoms with Crippen molar-refractivity contribution in [2.45, 2.75) is 26.0 Å². The van der Waals surface area contributed by atoms with Gasteiger partial charge in [0.25, 0.3) is 5.89 Å². The molecule has 3 heterocycles. The molecule has 2 aromatic rings. The van der Waals surface area contributed by atoms with E-state index < -0.39 is 0 Å². The van der Waals surface area contributed by atoms with Crippen LogP contribution in [-0.4, -0.2) is 45.8 Å². The summed E-state index contributed by atoms with van der Waals surface area (Å²) >= 11 is 0. The van der Waals surface area contributed by atoms with Crippen molar-refractivity contribution < 1.29 is 9.26 Å². The summed E-state index contributed by atoms with van der Waals surface area (Å²) < 4.78 is 11.0. The molecule has 1 atom stereocenters. The van der Waals surface area contributed by atoms with E-state index in [9.17, 15) is 0 Å². The number of nitrogens with one attached hydrogen (secondary N) is 1. The van der Waals surface area contributed by atoms with Crippen LogP contribution in [-0.2, 0) is 4.74 Å². The Kier molecular flexibility index (Phi) is 3.73. The molecule has 0 amide bonds. The molecule has 3 rings (SSSR count). The summed E-state index contributed by atoms with van der Waals surface area (Å²) in [4.78, 5) is 9.65. The molecule has 0 bridgehead atoms. The molecule has 1 fully saturated rings. The molecule has 110 valence electrons. The van der Waals surface area contributed by atoms with Crippen LogP contribution < -0.4 is 0 Å². The highest BCUT2D eigenvalue weighted by atomic mass is 16.5. The van der Waals surface area contributed by atoms with Crippen LogP contribution >= 0.6 is 0 Å². The van der Waals surface area contributed by atoms with Gasteiger partial charge in [0, 0.05) is 25.3 Å². The smallest absolute Gasteiger partial charge is 0.274 e. The van der Waals surface area contributed by atoms with Crippen molar-refractivity contribution in [1.29, 1.82) is 5.26 Å². The van der Waals surface area contributed by atoms with Crippen LogP contribution in [0.3, 0.4) is 0 Å². The Morgan fingerprint density at radius 2 is 2.38 bits per heavy atom. The zero-order valence-electron chi connectivity index (χ0n) is 12.0. The van der Waals surface area contributed by atoms with Gasteiger partial charge in [0.15, 0.2) is 0 Å². The van der Waals surface area contributed by atoms with Crippen LogP contribution in [0.25, 0.3) is 11.6 Å². The van der Waals surface area contributed by atoms with Crippen LogP contribution in [0.15, 0.2) is 16.8 Å². The quantitative estimate of drug-likeness (QED) is 0.924. The van der Waals surface area contributed by atoms with Gasteiger partial charge in [-0.2, -0.15) is 10.2 Å². The summed E-state index contributed by atoms with van der Waals surface area (Å²) in [5.74, 6) is 0.917. The highest BCUT2D eigenvalue weighted by Crippen LogP contribution is 2.24. The molecule has 0 spiro atoms. The van der Waals surface area contributed by atoms with E-state index in [2.05, 4.69) is 39.9 Å². The first kappa shape index (κ1) is 13.8. The Morgan fingerprint density at radius 3 is 3.10 bits per heavy atom. The molecular formula is C14H17N5O2. The van der Waals surface area contributed by atoms with Crippen LogP contribution in [0.4, 0.5) is 0 Å². The maximum Gasteiger partial charge on any atom is 0.274 e. The zero-order valence-corrected chi connectivity index (χ0v) is 12.0. The topological polar surface area (TPSA) is 91.0 Å². The Labute approximate surface area is 122 Å². The highest BCUT2D eigenvalue weighted by Gasteiger charge is 2.27. The number of morpholine rings is 1. The minimum Gasteiger partial charge on any atom is -0.367 e. The number of hydrogen-bond acceptors (Lipinski definition) is 6. The van der Waals surface area contributed by atoms with Crippen LogP contribution in [0.1, 0.15) is 31.3 Å². The van der Waals surface area contributed by atoms with Gasteiger partial charge in [-0.25, -0.2) is 0 Å². The lowest BCUT2D eigenvalue weighted by Gasteiger charge is -2.34. The number of rotatable bonds is 3. The largest absolute Gasteiger partial charge is 0.367 e. The first-order chi connectivity index (χ1) is 10.2. The van der Waals surface area contributed by atoms with E-state index in [1.807, 2.05) is 0 Å². The minimum atomic E-state index is -0.177. The normalized spacial score (nSPS) is 19.8. The third-order valence-corrected chi connectivity index (χ3v) is 3.60. The monoisotopic (exact) mass is 287 g/mol. The molecule has 1 aliphatic rings. The van der Waals surface area contributed by atoms with Crippen LogP contribution in [0.5, 0.6) is 0 Å². The van der Waals surface area contributed by atoms with Gasteiger partial charge in [0.2, 0.25) is 5.82 Å². The molecule has 21 heavy (non-hydrogen) atoms. The van der Waals surface area contributed by atoms with Crippen molar-refractivity contribution >= 4 is 0 Å². The molecule has 0 radical (unpaired) electrons. The van der Waals surface area contributed by atoms with Crippen LogP contribution in [0.2, 0.25) is 0 Å². The van der Waals surface area contributed by atoms with Crippen molar-refractivity contribution in [2.24, 2.45) is 0 Å². The van der Waals surface area contributed by atoms with Gasteiger partial charge >= 0.3 is 0 Å². The lowest BCUT2D eigenvalue weighted by molar-refractivity contribution is -0.0450. The molecule has 7 heteroatoms. The third kappa shape index (κ3) is 2.82. The maximum absolute atomic E-state index is 8.83. The maximum atomic E-state index is 8.83. The standard InChI is InChI=1S/C14H17N5O2/c1-9(2)19-3-4-20-12(8-19)13-17-14(21-18-13)11-5-10(6-15)7-16-11/h5,7,9,12,16H,3-4,8H2,1-2H3. The fraction of sp³-hybridized carbons (Fsp3) is 0.500. The summed E-state index contributed by atoms with van der Waals surface area (Å²) in [6.07, 6.45) is 1.43. The lowest BCUT2D eigenvalue weighted by atomic mass is 10.2. The van der Waals surface area contributed by atoms with Crippen molar-refractivity contribution in [3.63, 3.8) is 0 Å². The molecule has 1 N–H and O–H groups in total. The van der Waals surface area contributed by atoms with Gasteiger partial charge in [-0.15, -0.1) is 0 Å². The van der Waals surface area contributed by atoms with E-state index in [1.54, 1.807) is 12.3 Å². The fourth-order valence-electron chi connectivity index (χ4n) is 2.35. The Hall–Kier alpha value is -2.17. The number of aromatic amines is 1. The van der Waals surface area contributed by atoms with E-state index >= 15 is 0 Å². The number of hydrogen-bond donors (Lipinski definition) is 1. The Balaban J connectivity index is 1.77. The summed E-state index contributed by atoms with van der Waals surface area (Å²) in [5.41, 5.74) is 1.17.